The van der Waals surface area contributed by atoms with E-state index in [1.165, 1.54) is 96.3 Å². The second-order valence-corrected chi connectivity index (χ2v) is 12.3. The number of unbranched alkanes of at least 4 members (excludes halogenated alkanes) is 8. The Morgan fingerprint density at radius 1 is 0.833 bits per heavy atom. The molecule has 0 fully saturated rings. The Hall–Kier alpha value is -0.440. The van der Waals surface area contributed by atoms with E-state index in [0.717, 1.165) is 9.84 Å². The van der Waals surface area contributed by atoms with E-state index in [2.05, 4.69) is 55.1 Å². The lowest BCUT2D eigenvalue weighted by Gasteiger charge is -2.27. The summed E-state index contributed by atoms with van der Waals surface area (Å²) in [7, 11) is 0. The fourth-order valence-electron chi connectivity index (χ4n) is 4.71. The molecule has 2 rings (SSSR count). The first-order chi connectivity index (χ1) is 14.8. The molecule has 1 aromatic carbocycles. The smallest absolute Gasteiger partial charge is 0.0315 e. The molecule has 0 N–H and O–H groups in total. The largest absolute Gasteiger partial charge is 0.119 e. The predicted octanol–water partition coefficient (Wildman–Crippen LogP) is 10.4. The minimum atomic E-state index is 0.145. The second kappa shape index (κ2) is 16.2. The first-order valence-corrected chi connectivity index (χ1v) is 15.5. The van der Waals surface area contributed by atoms with Gasteiger partial charge in [-0.2, -0.15) is 0 Å². The predicted molar refractivity (Wildman–Crippen MR) is 147 cm³/mol. The van der Waals surface area contributed by atoms with Crippen LogP contribution in [-0.2, 0) is 0 Å². The van der Waals surface area contributed by atoms with Crippen molar-refractivity contribution in [3.05, 3.63) is 41.0 Å². The first kappa shape index (κ1) is 25.8. The molecule has 2 atom stereocenters. The number of fused-ring (bicyclic) bond motifs is 1. The molecule has 0 heterocycles. The third-order valence-electron chi connectivity index (χ3n) is 6.60. The summed E-state index contributed by atoms with van der Waals surface area (Å²) in [5.41, 5.74) is 4.99. The van der Waals surface area contributed by atoms with Gasteiger partial charge < -0.3 is 0 Å². The Bertz CT molecular complexity index is 627. The molecule has 0 radical (unpaired) electrons. The van der Waals surface area contributed by atoms with Gasteiger partial charge in [-0.3, -0.25) is 0 Å². The van der Waals surface area contributed by atoms with Gasteiger partial charge in [0.1, 0.15) is 0 Å². The van der Waals surface area contributed by atoms with Crippen LogP contribution in [0.4, 0.5) is 0 Å². The van der Waals surface area contributed by atoms with Gasteiger partial charge in [-0.25, -0.2) is 0 Å². The second-order valence-electron chi connectivity index (χ2n) is 9.17. The van der Waals surface area contributed by atoms with Crippen molar-refractivity contribution < 1.29 is 0 Å². The number of hydrogen-bond donors (Lipinski definition) is 0. The quantitative estimate of drug-likeness (QED) is 0.130. The highest BCUT2D eigenvalue weighted by Gasteiger charge is 2.22. The maximum absolute atomic E-state index is 2.71. The highest BCUT2D eigenvalue weighted by atomic mass is 127. The van der Waals surface area contributed by atoms with Gasteiger partial charge in [-0.1, -0.05) is 112 Å². The highest BCUT2D eigenvalue weighted by Crippen LogP contribution is 2.42. The lowest BCUT2D eigenvalue weighted by atomic mass is 9.81. The Morgan fingerprint density at radius 3 is 2.37 bits per heavy atom. The summed E-state index contributed by atoms with van der Waals surface area (Å²) in [6.07, 6.45) is 23.4. The molecule has 1 heteroatoms. The molecule has 0 aliphatic heterocycles. The first-order valence-electron chi connectivity index (χ1n) is 13.0. The molecule has 30 heavy (non-hydrogen) atoms. The van der Waals surface area contributed by atoms with Gasteiger partial charge in [0.2, 0.25) is 0 Å². The SMILES string of the molecule is CCCCCC=I[C@H]1CCC(CCCCCC)/C(CCCCC)=C\c2ccccc21. The molecular weight excluding hydrogens is 475 g/mol. The normalized spacial score (nSPS) is 21.4. The van der Waals surface area contributed by atoms with E-state index in [1.807, 2.05) is 0 Å². The van der Waals surface area contributed by atoms with Crippen LogP contribution in [0, 0.1) is 5.92 Å². The molecule has 1 aliphatic rings. The zero-order valence-corrected chi connectivity index (χ0v) is 22.3. The topological polar surface area (TPSA) is 0 Å². The molecule has 0 saturated carbocycles. The third kappa shape index (κ3) is 9.37. The molecule has 0 bridgehead atoms. The Kier molecular flexibility index (Phi) is 14.0. The van der Waals surface area contributed by atoms with Crippen molar-refractivity contribution in [2.75, 3.05) is 0 Å². The van der Waals surface area contributed by atoms with Crippen LogP contribution in [0.1, 0.15) is 132 Å². The molecule has 0 aromatic heterocycles. The van der Waals surface area contributed by atoms with Crippen LogP contribution in [0.2, 0.25) is 0 Å². The minimum absolute atomic E-state index is 0.145. The van der Waals surface area contributed by atoms with Crippen LogP contribution in [0.25, 0.3) is 6.08 Å². The van der Waals surface area contributed by atoms with Crippen molar-refractivity contribution in [3.63, 3.8) is 0 Å². The van der Waals surface area contributed by atoms with Crippen molar-refractivity contribution in [3.8, 4) is 0 Å². The Morgan fingerprint density at radius 2 is 1.57 bits per heavy atom. The van der Waals surface area contributed by atoms with E-state index < -0.39 is 0 Å². The van der Waals surface area contributed by atoms with Crippen LogP contribution in [-0.4, -0.2) is 4.01 Å². The molecule has 1 aliphatic carbocycles. The van der Waals surface area contributed by atoms with Crippen LogP contribution < -0.4 is 0 Å². The van der Waals surface area contributed by atoms with Gasteiger partial charge in [0.15, 0.2) is 0 Å². The lowest BCUT2D eigenvalue weighted by molar-refractivity contribution is 0.452. The third-order valence-corrected chi connectivity index (χ3v) is 9.89. The summed E-state index contributed by atoms with van der Waals surface area (Å²) in [6, 6.07) is 9.39. The molecule has 170 valence electrons. The lowest BCUT2D eigenvalue weighted by Crippen LogP contribution is -2.10. The average Bonchev–Trinajstić information content (AvgIpc) is 2.76. The van der Waals surface area contributed by atoms with E-state index >= 15 is 0 Å². The fourth-order valence-corrected chi connectivity index (χ4v) is 7.80. The van der Waals surface area contributed by atoms with E-state index in [1.54, 1.807) is 16.7 Å². The molecule has 0 nitrogen and oxygen atoms in total. The highest BCUT2D eigenvalue weighted by molar-refractivity contribution is 14.2. The molecule has 1 unspecified atom stereocenters. The Labute approximate surface area is 198 Å². The zero-order valence-electron chi connectivity index (χ0n) is 20.1. The summed E-state index contributed by atoms with van der Waals surface area (Å²) < 4.78 is 3.54. The number of allylic oxidation sites excluding steroid dienone is 1. The standard InChI is InChI=1S/C29H47I/c1-4-7-10-13-17-25-21-22-29(30-23-16-11-8-5-2)28-20-15-14-19-27(28)24-26(25)18-12-9-6-3/h14-15,19-20,23-25,29H,4-13,16-18,21-22H2,1-3H3/b26-24-/t25?,29-/m0/s1. The van der Waals surface area contributed by atoms with Gasteiger partial charge in [0.25, 0.3) is 0 Å². The summed E-state index contributed by atoms with van der Waals surface area (Å²) in [5.74, 6) is 0.832. The molecule has 1 aromatic rings. The number of halogens is 1. The zero-order chi connectivity index (χ0) is 21.4. The van der Waals surface area contributed by atoms with Crippen molar-refractivity contribution >= 4 is 30.8 Å². The van der Waals surface area contributed by atoms with Gasteiger partial charge in [-0.15, -0.1) is 20.7 Å². The van der Waals surface area contributed by atoms with Crippen molar-refractivity contribution in [2.45, 2.75) is 121 Å². The van der Waals surface area contributed by atoms with E-state index in [4.69, 9.17) is 0 Å². The number of benzene rings is 1. The summed E-state index contributed by atoms with van der Waals surface area (Å²) in [5, 5.41) is 0. The van der Waals surface area contributed by atoms with Gasteiger partial charge in [0, 0.05) is 3.92 Å². The molecule has 0 spiro atoms. The van der Waals surface area contributed by atoms with Gasteiger partial charge in [0.05, 0.1) is 0 Å². The van der Waals surface area contributed by atoms with Crippen LogP contribution in [0.5, 0.6) is 0 Å². The maximum atomic E-state index is 2.71. The average molecular weight is 523 g/mol. The molecule has 0 saturated heterocycles. The summed E-state index contributed by atoms with van der Waals surface area (Å²) >= 11 is 0.145. The van der Waals surface area contributed by atoms with Crippen molar-refractivity contribution in [2.24, 2.45) is 5.92 Å². The number of alkyl halides is 1. The van der Waals surface area contributed by atoms with Crippen molar-refractivity contribution in [1.29, 1.82) is 0 Å². The molecular formula is C29H47I. The number of hydrogen-bond acceptors (Lipinski definition) is 0. The maximum Gasteiger partial charge on any atom is 0.0315 e. The van der Waals surface area contributed by atoms with Crippen LogP contribution in [0.3, 0.4) is 0 Å². The Balaban J connectivity index is 2.19. The summed E-state index contributed by atoms with van der Waals surface area (Å²) in [4.78, 5) is 0. The van der Waals surface area contributed by atoms with E-state index in [9.17, 15) is 0 Å². The minimum Gasteiger partial charge on any atom is -0.119 e. The molecule has 0 amide bonds. The van der Waals surface area contributed by atoms with Crippen molar-refractivity contribution in [1.82, 2.24) is 0 Å². The van der Waals surface area contributed by atoms with E-state index in [-0.39, 0.29) is 20.7 Å². The van der Waals surface area contributed by atoms with Crippen LogP contribution >= 0.6 is 20.7 Å². The van der Waals surface area contributed by atoms with Gasteiger partial charge in [-0.05, 0) is 62.0 Å². The number of rotatable bonds is 14. The monoisotopic (exact) mass is 522 g/mol. The van der Waals surface area contributed by atoms with E-state index in [0.29, 0.717) is 0 Å². The van der Waals surface area contributed by atoms with Gasteiger partial charge >= 0.3 is 0 Å². The fraction of sp³-hybridized carbons (Fsp3) is 0.690. The summed E-state index contributed by atoms with van der Waals surface area (Å²) in [6.45, 7) is 6.97. The van der Waals surface area contributed by atoms with Crippen LogP contribution in [0.15, 0.2) is 29.8 Å².